The lowest BCUT2D eigenvalue weighted by molar-refractivity contribution is 0.393. The molecule has 5 rings (SSSR count). The van der Waals surface area contributed by atoms with Gasteiger partial charge in [0.1, 0.15) is 11.5 Å². The predicted octanol–water partition coefficient (Wildman–Crippen LogP) is 4.35. The minimum atomic E-state index is -0.136. The van der Waals surface area contributed by atoms with Crippen LogP contribution in [0.3, 0.4) is 0 Å². The highest BCUT2D eigenvalue weighted by molar-refractivity contribution is 7.16. The molecule has 0 amide bonds. The maximum Gasteiger partial charge on any atom is 0.329 e. The number of aromatic nitrogens is 4. The van der Waals surface area contributed by atoms with Gasteiger partial charge in [-0.3, -0.25) is 14.1 Å². The number of hydrogen-bond donors (Lipinski definition) is 1. The van der Waals surface area contributed by atoms with Crippen molar-refractivity contribution in [2.45, 2.75) is 26.9 Å². The van der Waals surface area contributed by atoms with Gasteiger partial charge in [-0.2, -0.15) is 0 Å². The van der Waals surface area contributed by atoms with Crippen LogP contribution in [0.25, 0.3) is 33.1 Å². The fourth-order valence-electron chi connectivity index (χ4n) is 4.34. The van der Waals surface area contributed by atoms with Crippen LogP contribution in [0.1, 0.15) is 16.3 Å². The Morgan fingerprint density at radius 3 is 2.70 bits per heavy atom. The van der Waals surface area contributed by atoms with Gasteiger partial charge in [-0.1, -0.05) is 16.8 Å². The Kier molecular flexibility index (Phi) is 5.48. The number of halogens is 1. The van der Waals surface area contributed by atoms with Crippen molar-refractivity contribution in [3.8, 4) is 16.9 Å². The van der Waals surface area contributed by atoms with Crippen LogP contribution < -0.4 is 16.2 Å². The molecule has 0 bridgehead atoms. The van der Waals surface area contributed by atoms with Gasteiger partial charge in [-0.25, -0.2) is 4.79 Å². The van der Waals surface area contributed by atoms with Crippen LogP contribution in [0, 0.1) is 13.8 Å². The van der Waals surface area contributed by atoms with E-state index in [4.69, 9.17) is 26.6 Å². The average molecular weight is 484 g/mol. The molecule has 0 saturated carbocycles. The van der Waals surface area contributed by atoms with Gasteiger partial charge in [0, 0.05) is 28.9 Å². The summed E-state index contributed by atoms with van der Waals surface area (Å²) >= 11 is 7.59. The largest absolute Gasteiger partial charge is 0.496 e. The Morgan fingerprint density at radius 1 is 1.24 bits per heavy atom. The van der Waals surface area contributed by atoms with E-state index in [0.29, 0.717) is 35.5 Å². The lowest BCUT2D eigenvalue weighted by atomic mass is 10.0. The van der Waals surface area contributed by atoms with Gasteiger partial charge in [0.25, 0.3) is 0 Å². The summed E-state index contributed by atoms with van der Waals surface area (Å²) in [5.41, 5.74) is 10.4. The molecule has 1 aromatic carbocycles. The van der Waals surface area contributed by atoms with E-state index in [1.54, 1.807) is 22.4 Å². The number of nitrogens with two attached hydrogens (primary N) is 1. The first-order valence-electron chi connectivity index (χ1n) is 10.4. The molecule has 0 radical (unpaired) electrons. The molecule has 170 valence electrons. The molecular weight excluding hydrogens is 462 g/mol. The molecule has 0 unspecified atom stereocenters. The fraction of sp³-hybridized carbons (Fsp3) is 0.261. The molecule has 10 heteroatoms. The number of hydrogen-bond acceptors (Lipinski definition) is 7. The maximum absolute atomic E-state index is 13.4. The van der Waals surface area contributed by atoms with Crippen LogP contribution in [0.4, 0.5) is 0 Å². The number of aryl methyl sites for hydroxylation is 2. The van der Waals surface area contributed by atoms with Gasteiger partial charge < -0.3 is 15.0 Å². The van der Waals surface area contributed by atoms with Gasteiger partial charge >= 0.3 is 5.69 Å². The second-order valence-corrected chi connectivity index (χ2v) is 9.58. The highest BCUT2D eigenvalue weighted by Crippen LogP contribution is 2.39. The normalized spacial score (nSPS) is 11.7. The number of pyridine rings is 1. The lowest BCUT2D eigenvalue weighted by Crippen LogP contribution is -2.27. The second-order valence-electron chi connectivity index (χ2n) is 7.78. The topological polar surface area (TPSA) is 101 Å². The Hall–Kier alpha value is -3.14. The van der Waals surface area contributed by atoms with E-state index in [9.17, 15) is 4.79 Å². The first-order chi connectivity index (χ1) is 15.9. The van der Waals surface area contributed by atoms with Crippen LogP contribution in [0.5, 0.6) is 5.75 Å². The average Bonchev–Trinajstić information content (AvgIpc) is 3.45. The molecule has 33 heavy (non-hydrogen) atoms. The minimum absolute atomic E-state index is 0.136. The summed E-state index contributed by atoms with van der Waals surface area (Å²) in [6.45, 7) is 4.90. The Morgan fingerprint density at radius 2 is 2.06 bits per heavy atom. The van der Waals surface area contributed by atoms with Crippen LogP contribution >= 0.6 is 22.9 Å². The zero-order valence-electron chi connectivity index (χ0n) is 18.4. The number of imidazole rings is 1. The number of rotatable bonds is 6. The molecule has 0 fully saturated rings. The second kappa shape index (κ2) is 8.33. The third-order valence-corrected chi connectivity index (χ3v) is 6.98. The van der Waals surface area contributed by atoms with Crippen LogP contribution in [0.2, 0.25) is 4.34 Å². The van der Waals surface area contributed by atoms with Crippen LogP contribution in [0.15, 0.2) is 39.8 Å². The van der Waals surface area contributed by atoms with Crippen LogP contribution in [-0.4, -0.2) is 32.9 Å². The van der Waals surface area contributed by atoms with Crippen molar-refractivity contribution in [1.29, 1.82) is 0 Å². The summed E-state index contributed by atoms with van der Waals surface area (Å²) in [6.07, 6.45) is 1.73. The number of thiophene rings is 1. The molecule has 0 saturated heterocycles. The van der Waals surface area contributed by atoms with E-state index in [2.05, 4.69) is 10.1 Å². The van der Waals surface area contributed by atoms with Crippen molar-refractivity contribution in [3.05, 3.63) is 61.6 Å². The zero-order valence-corrected chi connectivity index (χ0v) is 20.0. The van der Waals surface area contributed by atoms with Crippen LogP contribution in [-0.2, 0) is 13.1 Å². The summed E-state index contributed by atoms with van der Waals surface area (Å²) in [7, 11) is 1.62. The minimum Gasteiger partial charge on any atom is -0.496 e. The van der Waals surface area contributed by atoms with E-state index in [1.165, 1.54) is 11.3 Å². The summed E-state index contributed by atoms with van der Waals surface area (Å²) in [5.74, 6) is 1.35. The smallest absolute Gasteiger partial charge is 0.329 e. The SMILES string of the molecule is COc1cc2c(cc1-c1c(C)noc1C)ncc1c2n(Cc2ccc(Cl)s2)c(=O)n1CCN. The van der Waals surface area contributed by atoms with E-state index >= 15 is 0 Å². The molecule has 0 aliphatic carbocycles. The summed E-state index contributed by atoms with van der Waals surface area (Å²) < 4.78 is 15.2. The number of methoxy groups -OCH3 is 1. The molecule has 4 heterocycles. The highest BCUT2D eigenvalue weighted by Gasteiger charge is 2.21. The number of fused-ring (bicyclic) bond motifs is 3. The summed E-state index contributed by atoms with van der Waals surface area (Å²) in [5, 5.41) is 4.89. The standard InChI is InChI=1S/C23H22ClN5O3S/c1-12-21(13(2)32-27-12)16-8-17-15(9-19(16)31-3)22-18(10-26-17)28(7-6-25)23(30)29(22)11-14-4-5-20(24)33-14/h4-5,8-10H,6-7,11,25H2,1-3H3. The van der Waals surface area contributed by atoms with Crippen molar-refractivity contribution in [3.63, 3.8) is 0 Å². The van der Waals surface area contributed by atoms with Gasteiger partial charge in [-0.05, 0) is 38.1 Å². The van der Waals surface area contributed by atoms with Gasteiger partial charge in [-0.15, -0.1) is 11.3 Å². The summed E-state index contributed by atoms with van der Waals surface area (Å²) in [6, 6.07) is 7.66. The molecular formula is C23H22ClN5O3S. The quantitative estimate of drug-likeness (QED) is 0.385. The Bertz CT molecular complexity index is 1540. The number of nitrogens with zero attached hydrogens (tertiary/aromatic N) is 4. The molecule has 0 aliphatic heterocycles. The third-order valence-electron chi connectivity index (χ3n) is 5.76. The molecule has 0 atom stereocenters. The predicted molar refractivity (Wildman–Crippen MR) is 131 cm³/mol. The lowest BCUT2D eigenvalue weighted by Gasteiger charge is -2.12. The monoisotopic (exact) mass is 483 g/mol. The zero-order chi connectivity index (χ0) is 23.3. The van der Waals surface area contributed by atoms with Crippen molar-refractivity contribution >= 4 is 44.9 Å². The third kappa shape index (κ3) is 3.52. The van der Waals surface area contributed by atoms with Gasteiger partial charge in [0.2, 0.25) is 0 Å². The molecule has 0 aliphatic rings. The van der Waals surface area contributed by atoms with Crippen molar-refractivity contribution in [2.75, 3.05) is 13.7 Å². The Balaban J connectivity index is 1.82. The Labute approximate surface area is 198 Å². The van der Waals surface area contributed by atoms with Gasteiger partial charge in [0.05, 0.1) is 52.0 Å². The molecule has 8 nitrogen and oxygen atoms in total. The highest BCUT2D eigenvalue weighted by atomic mass is 35.5. The van der Waals surface area contributed by atoms with E-state index in [0.717, 1.165) is 43.6 Å². The molecule has 2 N–H and O–H groups in total. The fourth-order valence-corrected chi connectivity index (χ4v) is 5.41. The van der Waals surface area contributed by atoms with Crippen molar-refractivity contribution in [2.24, 2.45) is 5.73 Å². The van der Waals surface area contributed by atoms with E-state index in [1.807, 2.05) is 38.1 Å². The van der Waals surface area contributed by atoms with Crippen molar-refractivity contribution < 1.29 is 9.26 Å². The summed E-state index contributed by atoms with van der Waals surface area (Å²) in [4.78, 5) is 19.1. The molecule has 4 aromatic heterocycles. The first-order valence-corrected chi connectivity index (χ1v) is 11.6. The first kappa shape index (κ1) is 21.7. The van der Waals surface area contributed by atoms with E-state index in [-0.39, 0.29) is 5.69 Å². The number of ether oxygens (including phenoxy) is 1. The number of benzene rings is 1. The van der Waals surface area contributed by atoms with Crippen molar-refractivity contribution in [1.82, 2.24) is 19.3 Å². The maximum atomic E-state index is 13.4. The van der Waals surface area contributed by atoms with Gasteiger partial charge in [0.15, 0.2) is 0 Å². The molecule has 5 aromatic rings. The molecule has 0 spiro atoms. The van der Waals surface area contributed by atoms with E-state index < -0.39 is 0 Å².